The molecule has 1 N–H and O–H groups in total. The maximum atomic E-state index is 12.7. The van der Waals surface area contributed by atoms with E-state index in [2.05, 4.69) is 4.90 Å². The van der Waals surface area contributed by atoms with Crippen LogP contribution in [0.1, 0.15) is 90.2 Å². The van der Waals surface area contributed by atoms with Crippen LogP contribution in [0.5, 0.6) is 0 Å². The van der Waals surface area contributed by atoms with Gasteiger partial charge in [-0.2, -0.15) is 8.97 Å². The van der Waals surface area contributed by atoms with Crippen molar-refractivity contribution in [2.24, 2.45) is 0 Å². The van der Waals surface area contributed by atoms with Gasteiger partial charge in [-0.25, -0.2) is 16.8 Å². The van der Waals surface area contributed by atoms with Crippen molar-refractivity contribution in [1.29, 1.82) is 0 Å². The number of benzene rings is 2. The second-order valence-electron chi connectivity index (χ2n) is 13.9. The van der Waals surface area contributed by atoms with Gasteiger partial charge in [0.05, 0.1) is 15.2 Å². The van der Waals surface area contributed by atoms with Crippen molar-refractivity contribution in [1.82, 2.24) is 0 Å². The Bertz CT molecular complexity index is 2040. The molecular weight excluding hydrogens is 739 g/mol. The van der Waals surface area contributed by atoms with E-state index in [1.165, 1.54) is 24.3 Å². The number of aliphatic carboxylic acids is 1. The molecule has 0 saturated carbocycles. The minimum atomic E-state index is -4.68. The van der Waals surface area contributed by atoms with Crippen LogP contribution in [0, 0.1) is 0 Å². The number of anilines is 1. The third kappa shape index (κ3) is 10.4. The molecule has 276 valence electrons. The molecule has 0 aromatic heterocycles. The Hall–Kier alpha value is -2.34. The molecule has 52 heavy (non-hydrogen) atoms. The van der Waals surface area contributed by atoms with E-state index >= 15 is 0 Å². The summed E-state index contributed by atoms with van der Waals surface area (Å²) in [4.78, 5) is 23.2. The molecule has 0 spiro atoms. The number of rotatable bonds is 17. The van der Waals surface area contributed by atoms with E-state index in [4.69, 9.17) is 5.11 Å². The molecule has 0 radical (unpaired) electrons. The van der Waals surface area contributed by atoms with Gasteiger partial charge in [0.2, 0.25) is 5.69 Å². The first-order valence-electron chi connectivity index (χ1n) is 16.8. The van der Waals surface area contributed by atoms with Crippen LogP contribution in [0.15, 0.2) is 82.3 Å². The summed E-state index contributed by atoms with van der Waals surface area (Å²) in [5.74, 6) is -0.856. The third-order valence-corrected chi connectivity index (χ3v) is 11.2. The molecular formula is C37H44FKN2O9S2. The number of allylic oxidation sites excluding steroid dienone is 6. The van der Waals surface area contributed by atoms with Crippen LogP contribution in [-0.2, 0) is 40.7 Å². The molecule has 2 aliphatic rings. The number of hydrogen-bond donors (Lipinski definition) is 1. The Kier molecular flexibility index (Phi) is 15.1. The molecule has 2 aliphatic heterocycles. The van der Waals surface area contributed by atoms with E-state index in [0.717, 1.165) is 22.8 Å². The Morgan fingerprint density at radius 1 is 0.808 bits per heavy atom. The molecule has 0 aliphatic carbocycles. The molecule has 0 fully saturated rings. The number of halogens is 1. The van der Waals surface area contributed by atoms with Crippen LogP contribution in [-0.4, -0.2) is 66.4 Å². The average Bonchev–Trinajstić information content (AvgIpc) is 3.37. The second kappa shape index (κ2) is 17.9. The van der Waals surface area contributed by atoms with Crippen molar-refractivity contribution in [3.05, 3.63) is 83.6 Å². The second-order valence-corrected chi connectivity index (χ2v) is 16.6. The standard InChI is InChI=1S/C37H45FN2O9S2.K/c1-36(2)28-24-26(50(44,45)46)18-20-30(28)39(22-12-6-10-16-34(38)41)32(36)14-8-5-9-15-33-37(3,4)29-25-27(51(47,48)49)19-21-31(29)40(33)23-13-7-11-17-35(42)43;/h5,8-9,14-15,18-21,24-25H,6-7,10-13,16-17,22-23H2,1-4H3,(H2-,42,43,44,45,46,47,48,49);/q;+1/p-1. The van der Waals surface area contributed by atoms with Gasteiger partial charge >= 0.3 is 63.4 Å². The number of carbonyl (C=O) groups is 2. The number of fused-ring (bicyclic) bond motifs is 2. The van der Waals surface area contributed by atoms with Gasteiger partial charge in [-0.15, -0.1) is 0 Å². The van der Waals surface area contributed by atoms with Crippen LogP contribution in [0.4, 0.5) is 15.8 Å². The fourth-order valence-electron chi connectivity index (χ4n) is 6.89. The molecule has 0 atom stereocenters. The first kappa shape index (κ1) is 44.1. The summed E-state index contributed by atoms with van der Waals surface area (Å²) < 4.78 is 85.8. The summed E-state index contributed by atoms with van der Waals surface area (Å²) >= 11 is 0. The van der Waals surface area contributed by atoms with E-state index in [1.807, 2.05) is 62.7 Å². The van der Waals surface area contributed by atoms with Gasteiger partial charge in [0.25, 0.3) is 0 Å². The molecule has 15 heteroatoms. The fraction of sp³-hybridized carbons (Fsp3) is 0.432. The SMILES string of the molecule is CC1(C)C(/C=C/C=C/C=C2\N(CCCCCC(=O)O)c3ccc(S(=O)(=O)[O-])cc3C2(C)C)=[N+](CCCCCC(=O)F)c2ccc(S(=O)(=O)[O-])cc21.[K+]. The van der Waals surface area contributed by atoms with Crippen molar-refractivity contribution in [3.63, 3.8) is 0 Å². The predicted molar refractivity (Wildman–Crippen MR) is 189 cm³/mol. The average molecular weight is 783 g/mol. The first-order chi connectivity index (χ1) is 23.8. The molecule has 0 saturated heterocycles. The van der Waals surface area contributed by atoms with Crippen LogP contribution in [0.3, 0.4) is 0 Å². The van der Waals surface area contributed by atoms with Crippen molar-refractivity contribution < 1.29 is 101 Å². The first-order valence-corrected chi connectivity index (χ1v) is 19.7. The number of carbonyl (C=O) groups excluding carboxylic acids is 1. The smallest absolute Gasteiger partial charge is 0.744 e. The number of nitrogens with zero attached hydrogens (tertiary/aromatic N) is 2. The number of carboxylic acids is 1. The quantitative estimate of drug-likeness (QED) is 0.0626. The van der Waals surface area contributed by atoms with Crippen molar-refractivity contribution >= 4 is 49.3 Å². The van der Waals surface area contributed by atoms with Gasteiger partial charge in [0, 0.05) is 60.3 Å². The minimum absolute atomic E-state index is 0. The van der Waals surface area contributed by atoms with E-state index < -0.39 is 43.1 Å². The topological polar surface area (TPSA) is 175 Å². The molecule has 2 aromatic carbocycles. The maximum Gasteiger partial charge on any atom is 1.00 e. The van der Waals surface area contributed by atoms with Crippen molar-refractivity contribution in [3.8, 4) is 0 Å². The summed E-state index contributed by atoms with van der Waals surface area (Å²) in [7, 11) is -9.36. The van der Waals surface area contributed by atoms with Crippen molar-refractivity contribution in [2.45, 2.75) is 99.7 Å². The van der Waals surface area contributed by atoms with Crippen LogP contribution >= 0.6 is 0 Å². The Morgan fingerprint density at radius 2 is 1.40 bits per heavy atom. The number of carboxylic acid groups (broad SMARTS) is 1. The summed E-state index contributed by atoms with van der Waals surface area (Å²) in [5, 5.41) is 9.00. The minimum Gasteiger partial charge on any atom is -0.744 e. The van der Waals surface area contributed by atoms with Gasteiger partial charge in [0.1, 0.15) is 26.8 Å². The Morgan fingerprint density at radius 3 is 2.02 bits per heavy atom. The monoisotopic (exact) mass is 782 g/mol. The maximum absolute atomic E-state index is 12.7. The molecule has 2 heterocycles. The van der Waals surface area contributed by atoms with E-state index in [0.29, 0.717) is 62.7 Å². The third-order valence-electron chi connectivity index (χ3n) is 9.56. The zero-order valence-electron chi connectivity index (χ0n) is 30.2. The van der Waals surface area contributed by atoms with Gasteiger partial charge in [0.15, 0.2) is 5.71 Å². The van der Waals surface area contributed by atoms with Gasteiger partial charge in [-0.05, 0) is 81.5 Å². The largest absolute Gasteiger partial charge is 1.00 e. The Balaban J connectivity index is 0.00000729. The van der Waals surface area contributed by atoms with Crippen LogP contribution in [0.2, 0.25) is 0 Å². The van der Waals surface area contributed by atoms with Gasteiger partial charge in [-0.3, -0.25) is 9.59 Å². The predicted octanol–water partition coefficient (Wildman–Crippen LogP) is 3.37. The molecule has 2 aromatic rings. The molecule has 11 nitrogen and oxygen atoms in total. The van der Waals surface area contributed by atoms with Gasteiger partial charge < -0.3 is 19.1 Å². The van der Waals surface area contributed by atoms with Crippen LogP contribution < -0.4 is 56.3 Å². The van der Waals surface area contributed by atoms with Crippen molar-refractivity contribution in [2.75, 3.05) is 18.0 Å². The number of hydrogen-bond acceptors (Lipinski definition) is 9. The van der Waals surface area contributed by atoms with Gasteiger partial charge in [-0.1, -0.05) is 38.5 Å². The summed E-state index contributed by atoms with van der Waals surface area (Å²) in [6.07, 6.45) is 12.8. The molecule has 4 rings (SSSR count). The molecule has 0 amide bonds. The van der Waals surface area contributed by atoms with Crippen LogP contribution in [0.25, 0.3) is 0 Å². The Labute approximate surface area is 348 Å². The summed E-state index contributed by atoms with van der Waals surface area (Å²) in [6.45, 7) is 8.82. The normalized spacial score (nSPS) is 17.2. The zero-order chi connectivity index (χ0) is 37.8. The number of unbranched alkanes of at least 4 members (excludes halogenated alkanes) is 4. The molecule has 0 unspecified atom stereocenters. The molecule has 0 bridgehead atoms. The van der Waals surface area contributed by atoms with E-state index in [-0.39, 0.29) is 74.0 Å². The van der Waals surface area contributed by atoms with E-state index in [1.54, 1.807) is 12.1 Å². The summed E-state index contributed by atoms with van der Waals surface area (Å²) in [5.41, 5.74) is 3.25. The summed E-state index contributed by atoms with van der Waals surface area (Å²) in [6, 6.07) is 7.32. The zero-order valence-corrected chi connectivity index (χ0v) is 35.0. The fourth-order valence-corrected chi connectivity index (χ4v) is 7.89. The van der Waals surface area contributed by atoms with E-state index in [9.17, 15) is 39.9 Å².